The summed E-state index contributed by atoms with van der Waals surface area (Å²) in [7, 11) is -0.591. The van der Waals surface area contributed by atoms with Gasteiger partial charge in [-0.3, -0.25) is 4.21 Å². The topological polar surface area (TPSA) is 46.3 Å². The van der Waals surface area contributed by atoms with Gasteiger partial charge in [0.05, 0.1) is 5.49 Å². The Bertz CT molecular complexity index is 194. The number of hydrogen-bond acceptors (Lipinski definition) is 3. The van der Waals surface area contributed by atoms with Crippen LogP contribution in [0, 0.1) is 0 Å². The van der Waals surface area contributed by atoms with Gasteiger partial charge in [-0.2, -0.15) is 0 Å². The molecule has 1 unspecified atom stereocenters. The second-order valence-corrected chi connectivity index (χ2v) is 5.85. The Morgan fingerprint density at radius 3 is 2.38 bits per heavy atom. The summed E-state index contributed by atoms with van der Waals surface area (Å²) in [6.07, 6.45) is 8.30. The molecule has 16 heavy (non-hydrogen) atoms. The molecule has 0 radical (unpaired) electrons. The molecule has 0 saturated carbocycles. The predicted octanol–water partition coefficient (Wildman–Crippen LogP) is 1.53. The second-order valence-electron chi connectivity index (χ2n) is 4.02. The monoisotopic (exact) mass is 264 g/mol. The van der Waals surface area contributed by atoms with Crippen LogP contribution < -0.4 is 5.73 Å². The molecule has 1 fully saturated rings. The van der Waals surface area contributed by atoms with Crippen molar-refractivity contribution in [3.8, 4) is 0 Å². The molecule has 1 rings (SSSR count). The number of nitrogens with zero attached hydrogens (tertiary/aromatic N) is 1. The number of nitrogens with two attached hydrogens (primary N) is 1. The summed E-state index contributed by atoms with van der Waals surface area (Å²) in [5.74, 6) is 0.883. The van der Waals surface area contributed by atoms with E-state index in [9.17, 15) is 4.21 Å². The van der Waals surface area contributed by atoms with Crippen LogP contribution in [0.25, 0.3) is 0 Å². The fourth-order valence-corrected chi connectivity index (χ4v) is 2.43. The highest BCUT2D eigenvalue weighted by atomic mass is 32.2. The van der Waals surface area contributed by atoms with E-state index >= 15 is 0 Å². The minimum Gasteiger partial charge on any atom is -0.396 e. The highest BCUT2D eigenvalue weighted by Crippen LogP contribution is 2.09. The maximum Gasteiger partial charge on any atom is 0.0588 e. The Morgan fingerprint density at radius 2 is 1.88 bits per heavy atom. The molecule has 0 spiro atoms. The molecule has 1 aliphatic heterocycles. The molecule has 0 aromatic heterocycles. The molecule has 1 saturated heterocycles. The van der Waals surface area contributed by atoms with Crippen molar-refractivity contribution >= 4 is 28.5 Å². The van der Waals surface area contributed by atoms with Gasteiger partial charge in [-0.15, -0.1) is 0 Å². The molecule has 0 bridgehead atoms. The smallest absolute Gasteiger partial charge is 0.0588 e. The lowest BCUT2D eigenvalue weighted by molar-refractivity contribution is 0.226. The van der Waals surface area contributed by atoms with Gasteiger partial charge in [0.15, 0.2) is 0 Å². The number of piperidine rings is 1. The van der Waals surface area contributed by atoms with Crippen LogP contribution in [0.5, 0.6) is 0 Å². The first-order valence-electron chi connectivity index (χ1n) is 5.88. The lowest BCUT2D eigenvalue weighted by atomic mass is 10.1. The third kappa shape index (κ3) is 10.5. The largest absolute Gasteiger partial charge is 0.396 e. The first-order valence-corrected chi connectivity index (χ1v) is 8.08. The van der Waals surface area contributed by atoms with Crippen molar-refractivity contribution in [2.45, 2.75) is 32.1 Å². The molecule has 1 heterocycles. The normalized spacial score (nSPS) is 18.3. The quantitative estimate of drug-likeness (QED) is 0.604. The first-order chi connectivity index (χ1) is 7.70. The van der Waals surface area contributed by atoms with Crippen molar-refractivity contribution in [3.05, 3.63) is 0 Å². The molecule has 1 atom stereocenters. The predicted molar refractivity (Wildman–Crippen MR) is 76.3 cm³/mol. The van der Waals surface area contributed by atoms with Gasteiger partial charge in [0.25, 0.3) is 0 Å². The average Bonchev–Trinajstić information content (AvgIpc) is 2.27. The molecule has 3 nitrogen and oxygen atoms in total. The van der Waals surface area contributed by atoms with Gasteiger partial charge in [0, 0.05) is 22.8 Å². The van der Waals surface area contributed by atoms with E-state index in [0.29, 0.717) is 0 Å². The summed E-state index contributed by atoms with van der Waals surface area (Å²) < 4.78 is 10.8. The molecular formula is C11H24N2OS2. The van der Waals surface area contributed by atoms with Gasteiger partial charge in [-0.25, -0.2) is 0 Å². The lowest BCUT2D eigenvalue weighted by Gasteiger charge is -2.26. The van der Waals surface area contributed by atoms with Gasteiger partial charge in [0.1, 0.15) is 0 Å². The summed E-state index contributed by atoms with van der Waals surface area (Å²) in [6.45, 7) is 3.79. The Labute approximate surface area is 107 Å². The van der Waals surface area contributed by atoms with Crippen LogP contribution >= 0.6 is 12.2 Å². The Hall–Kier alpha value is -0.0000000000000000555. The standard InChI is InChI=1S/C10H21NOS.CH3NS/c1-13(12)10-6-5-9-11-7-3-2-4-8-11;2-1-3/h2-10H2,1H3;1H,(H2,2,3). The summed E-state index contributed by atoms with van der Waals surface area (Å²) in [4.78, 5) is 2.54. The fourth-order valence-electron chi connectivity index (χ4n) is 1.82. The molecule has 5 heteroatoms. The lowest BCUT2D eigenvalue weighted by Crippen LogP contribution is -2.30. The molecule has 0 aromatic rings. The van der Waals surface area contributed by atoms with Crippen LogP contribution in [-0.4, -0.2) is 46.2 Å². The zero-order valence-electron chi connectivity index (χ0n) is 10.2. The summed E-state index contributed by atoms with van der Waals surface area (Å²) in [5.41, 5.74) is 5.62. The zero-order chi connectivity index (χ0) is 12.2. The molecular weight excluding hydrogens is 240 g/mol. The van der Waals surface area contributed by atoms with E-state index in [1.165, 1.54) is 45.3 Å². The highest BCUT2D eigenvalue weighted by molar-refractivity contribution is 7.84. The Kier molecular flexibility index (Phi) is 11.5. The number of rotatable bonds is 5. The van der Waals surface area contributed by atoms with E-state index in [-0.39, 0.29) is 0 Å². The number of thiocarbonyl (C=S) groups is 1. The van der Waals surface area contributed by atoms with Gasteiger partial charge in [-0.1, -0.05) is 18.6 Å². The van der Waals surface area contributed by atoms with Crippen LogP contribution in [0.4, 0.5) is 0 Å². The number of unbranched alkanes of at least 4 members (excludes halogenated alkanes) is 1. The van der Waals surface area contributed by atoms with Crippen LogP contribution in [0.3, 0.4) is 0 Å². The summed E-state index contributed by atoms with van der Waals surface area (Å²) >= 11 is 4.05. The van der Waals surface area contributed by atoms with Crippen molar-refractivity contribution in [2.24, 2.45) is 5.73 Å². The van der Waals surface area contributed by atoms with Gasteiger partial charge in [-0.05, 0) is 45.3 Å². The number of hydrogen-bond donors (Lipinski definition) is 1. The first kappa shape index (κ1) is 16.0. The van der Waals surface area contributed by atoms with E-state index in [1.807, 2.05) is 0 Å². The fraction of sp³-hybridized carbons (Fsp3) is 0.909. The maximum absolute atomic E-state index is 10.8. The van der Waals surface area contributed by atoms with Gasteiger partial charge in [0.2, 0.25) is 0 Å². The Balaban J connectivity index is 0.000000673. The van der Waals surface area contributed by atoms with E-state index in [1.54, 1.807) is 6.26 Å². The minimum absolute atomic E-state index is 0.591. The molecule has 0 amide bonds. The molecule has 1 aliphatic rings. The maximum atomic E-state index is 10.8. The van der Waals surface area contributed by atoms with E-state index < -0.39 is 10.8 Å². The third-order valence-electron chi connectivity index (χ3n) is 2.60. The SMILES string of the molecule is CS(=O)CCCCN1CCCCC1.NC=S. The second kappa shape index (κ2) is 11.5. The minimum atomic E-state index is -0.591. The van der Waals surface area contributed by atoms with Gasteiger partial charge >= 0.3 is 0 Å². The average molecular weight is 264 g/mol. The van der Waals surface area contributed by atoms with Crippen molar-refractivity contribution in [2.75, 3.05) is 31.6 Å². The van der Waals surface area contributed by atoms with Crippen LogP contribution in [-0.2, 0) is 10.8 Å². The molecule has 2 N–H and O–H groups in total. The van der Waals surface area contributed by atoms with Crippen LogP contribution in [0.2, 0.25) is 0 Å². The summed E-state index contributed by atoms with van der Waals surface area (Å²) in [6, 6.07) is 0. The highest BCUT2D eigenvalue weighted by Gasteiger charge is 2.08. The third-order valence-corrected chi connectivity index (χ3v) is 3.47. The van der Waals surface area contributed by atoms with Crippen LogP contribution in [0.1, 0.15) is 32.1 Å². The van der Waals surface area contributed by atoms with Crippen molar-refractivity contribution < 1.29 is 4.21 Å². The molecule has 96 valence electrons. The van der Waals surface area contributed by atoms with Crippen molar-refractivity contribution in [3.63, 3.8) is 0 Å². The summed E-state index contributed by atoms with van der Waals surface area (Å²) in [5, 5.41) is 0. The molecule has 0 aromatic carbocycles. The van der Waals surface area contributed by atoms with Crippen LogP contribution in [0.15, 0.2) is 0 Å². The van der Waals surface area contributed by atoms with Crippen molar-refractivity contribution in [1.29, 1.82) is 0 Å². The van der Waals surface area contributed by atoms with E-state index in [0.717, 1.165) is 17.7 Å². The van der Waals surface area contributed by atoms with E-state index in [4.69, 9.17) is 0 Å². The molecule has 0 aliphatic carbocycles. The Morgan fingerprint density at radius 1 is 1.31 bits per heavy atom. The number of likely N-dealkylation sites (tertiary alicyclic amines) is 1. The van der Waals surface area contributed by atoms with E-state index in [2.05, 4.69) is 22.9 Å². The van der Waals surface area contributed by atoms with Crippen molar-refractivity contribution in [1.82, 2.24) is 4.90 Å². The van der Waals surface area contributed by atoms with Gasteiger partial charge < -0.3 is 10.6 Å². The zero-order valence-corrected chi connectivity index (χ0v) is 11.8.